The number of amides is 2. The molecule has 4 N–H and O–H groups in total. The molecule has 1 aliphatic heterocycles. The standard InChI is InChI=1S/C20H32F3N7O4/c1-2-3-4-5-15(13-30(34)14-32)18(33)26-27-19-24-12-16(17(25-19)20(21,22)23)29-8-6-28(7-9-29)10-11-31/h12,14-15,31,34H,2-11,13H2,1H3,(H,26,33)(H,24,25,27). The lowest BCUT2D eigenvalue weighted by Gasteiger charge is -2.36. The highest BCUT2D eigenvalue weighted by Crippen LogP contribution is 2.35. The van der Waals surface area contributed by atoms with Gasteiger partial charge >= 0.3 is 6.18 Å². The quantitative estimate of drug-likeness (QED) is 0.138. The molecule has 192 valence electrons. The molecule has 2 rings (SSSR count). The predicted molar refractivity (Wildman–Crippen MR) is 117 cm³/mol. The zero-order chi connectivity index (χ0) is 25.1. The molecular weight excluding hydrogens is 459 g/mol. The molecule has 2 amide bonds. The van der Waals surface area contributed by atoms with E-state index in [1.807, 2.05) is 11.8 Å². The van der Waals surface area contributed by atoms with E-state index in [0.717, 1.165) is 19.0 Å². The van der Waals surface area contributed by atoms with Crippen LogP contribution in [-0.2, 0) is 15.8 Å². The number of nitrogens with zero attached hydrogens (tertiary/aromatic N) is 5. The number of hydrogen-bond acceptors (Lipinski definition) is 9. The number of piperazine rings is 1. The number of alkyl halides is 3. The molecule has 0 spiro atoms. The second kappa shape index (κ2) is 13.2. The third kappa shape index (κ3) is 8.25. The van der Waals surface area contributed by atoms with Crippen LogP contribution in [0.15, 0.2) is 6.20 Å². The molecule has 1 saturated heterocycles. The number of aliphatic hydroxyl groups excluding tert-OH is 1. The Balaban J connectivity index is 2.09. The highest BCUT2D eigenvalue weighted by Gasteiger charge is 2.38. The summed E-state index contributed by atoms with van der Waals surface area (Å²) in [6, 6.07) is 0. The van der Waals surface area contributed by atoms with E-state index >= 15 is 0 Å². The molecule has 1 aromatic rings. The van der Waals surface area contributed by atoms with Crippen LogP contribution in [-0.4, -0.2) is 88.4 Å². The van der Waals surface area contributed by atoms with Crippen molar-refractivity contribution in [3.63, 3.8) is 0 Å². The van der Waals surface area contributed by atoms with Gasteiger partial charge in [-0.05, 0) is 6.42 Å². The molecule has 0 bridgehead atoms. The van der Waals surface area contributed by atoms with E-state index < -0.39 is 29.6 Å². The maximum absolute atomic E-state index is 13.7. The summed E-state index contributed by atoms with van der Waals surface area (Å²) in [5.74, 6) is -1.82. The van der Waals surface area contributed by atoms with Gasteiger partial charge in [0.2, 0.25) is 18.3 Å². The van der Waals surface area contributed by atoms with Crippen LogP contribution in [0.5, 0.6) is 0 Å². The Hall–Kier alpha value is -2.71. The molecule has 2 heterocycles. The lowest BCUT2D eigenvalue weighted by molar-refractivity contribution is -0.154. The van der Waals surface area contributed by atoms with Crippen LogP contribution < -0.4 is 15.8 Å². The number of halogens is 3. The van der Waals surface area contributed by atoms with E-state index in [9.17, 15) is 28.0 Å². The maximum Gasteiger partial charge on any atom is 0.435 e. The van der Waals surface area contributed by atoms with Crippen LogP contribution >= 0.6 is 0 Å². The number of nitrogens with one attached hydrogen (secondary N) is 2. The van der Waals surface area contributed by atoms with Crippen molar-refractivity contribution < 1.29 is 33.1 Å². The van der Waals surface area contributed by atoms with Gasteiger partial charge in [-0.3, -0.25) is 30.5 Å². The van der Waals surface area contributed by atoms with Crippen LogP contribution in [0, 0.1) is 5.92 Å². The smallest absolute Gasteiger partial charge is 0.395 e. The molecule has 1 atom stereocenters. The number of hydrogen-bond donors (Lipinski definition) is 4. The zero-order valence-corrected chi connectivity index (χ0v) is 19.1. The number of aromatic nitrogens is 2. The summed E-state index contributed by atoms with van der Waals surface area (Å²) in [5.41, 5.74) is 3.29. The lowest BCUT2D eigenvalue weighted by Crippen LogP contribution is -2.47. The number of hydroxylamine groups is 2. The molecule has 0 aromatic carbocycles. The molecule has 11 nitrogen and oxygen atoms in total. The van der Waals surface area contributed by atoms with Crippen molar-refractivity contribution in [2.75, 3.05) is 56.2 Å². The first kappa shape index (κ1) is 27.5. The molecule has 0 aliphatic carbocycles. The number of carbonyl (C=O) groups excluding carboxylic acids is 2. The van der Waals surface area contributed by atoms with Gasteiger partial charge in [0.05, 0.1) is 31.0 Å². The van der Waals surface area contributed by atoms with Crippen LogP contribution in [0.4, 0.5) is 24.8 Å². The third-order valence-corrected chi connectivity index (χ3v) is 5.52. The summed E-state index contributed by atoms with van der Waals surface area (Å²) in [6.45, 7) is 3.80. The van der Waals surface area contributed by atoms with Gasteiger partial charge in [-0.2, -0.15) is 13.2 Å². The summed E-state index contributed by atoms with van der Waals surface area (Å²) < 4.78 is 41.2. The van der Waals surface area contributed by atoms with Crippen molar-refractivity contribution in [1.82, 2.24) is 25.4 Å². The van der Waals surface area contributed by atoms with Crippen molar-refractivity contribution in [2.24, 2.45) is 5.92 Å². The SMILES string of the molecule is CCCCCC(CN(O)C=O)C(=O)NNc1ncc(N2CCN(CCO)CC2)c(C(F)(F)F)n1. The number of rotatable bonds is 13. The van der Waals surface area contributed by atoms with E-state index in [0.29, 0.717) is 50.6 Å². The first-order valence-corrected chi connectivity index (χ1v) is 11.2. The number of anilines is 2. The zero-order valence-electron chi connectivity index (χ0n) is 19.1. The van der Waals surface area contributed by atoms with Crippen LogP contribution in [0.25, 0.3) is 0 Å². The molecule has 34 heavy (non-hydrogen) atoms. The van der Waals surface area contributed by atoms with Gasteiger partial charge in [-0.15, -0.1) is 0 Å². The minimum Gasteiger partial charge on any atom is -0.395 e. The monoisotopic (exact) mass is 491 g/mol. The third-order valence-electron chi connectivity index (χ3n) is 5.52. The molecule has 1 aromatic heterocycles. The lowest BCUT2D eigenvalue weighted by atomic mass is 10.0. The van der Waals surface area contributed by atoms with Crippen LogP contribution in [0.3, 0.4) is 0 Å². The average molecular weight is 492 g/mol. The Morgan fingerprint density at radius 2 is 2.00 bits per heavy atom. The van der Waals surface area contributed by atoms with Crippen molar-refractivity contribution in [1.29, 1.82) is 0 Å². The molecule has 1 unspecified atom stereocenters. The van der Waals surface area contributed by atoms with E-state index in [1.54, 1.807) is 0 Å². The van der Waals surface area contributed by atoms with Gasteiger partial charge in [0.15, 0.2) is 5.69 Å². The normalized spacial score (nSPS) is 15.6. The number of carbonyl (C=O) groups is 2. The highest BCUT2D eigenvalue weighted by molar-refractivity contribution is 5.80. The number of β-amino-alcohol motifs (C(OH)–C–C–N with tert-alkyl or cyclic N) is 1. The molecule has 1 aliphatic rings. The van der Waals surface area contributed by atoms with Crippen molar-refractivity contribution in [2.45, 2.75) is 38.8 Å². The molecule has 0 radical (unpaired) electrons. The molecular formula is C20H32F3N7O4. The molecule has 0 saturated carbocycles. The first-order valence-electron chi connectivity index (χ1n) is 11.2. The number of unbranched alkanes of at least 4 members (excludes halogenated alkanes) is 2. The second-order valence-electron chi connectivity index (χ2n) is 8.01. The van der Waals surface area contributed by atoms with Crippen LogP contribution in [0.1, 0.15) is 38.3 Å². The van der Waals surface area contributed by atoms with Gasteiger partial charge in [-0.1, -0.05) is 26.2 Å². The van der Waals surface area contributed by atoms with Gasteiger partial charge in [0.25, 0.3) is 0 Å². The number of hydrazine groups is 1. The fourth-order valence-corrected chi connectivity index (χ4v) is 3.66. The first-order chi connectivity index (χ1) is 16.2. The topological polar surface area (TPSA) is 134 Å². The maximum atomic E-state index is 13.7. The summed E-state index contributed by atoms with van der Waals surface area (Å²) in [6.07, 6.45) is -0.706. The average Bonchev–Trinajstić information content (AvgIpc) is 2.82. The van der Waals surface area contributed by atoms with Crippen molar-refractivity contribution in [3.8, 4) is 0 Å². The summed E-state index contributed by atoms with van der Waals surface area (Å²) in [4.78, 5) is 34.2. The Morgan fingerprint density at radius 1 is 1.29 bits per heavy atom. The summed E-state index contributed by atoms with van der Waals surface area (Å²) in [7, 11) is 0. The fraction of sp³-hybridized carbons (Fsp3) is 0.700. The Morgan fingerprint density at radius 3 is 2.59 bits per heavy atom. The van der Waals surface area contributed by atoms with E-state index in [-0.39, 0.29) is 25.2 Å². The van der Waals surface area contributed by atoms with E-state index in [4.69, 9.17) is 5.11 Å². The largest absolute Gasteiger partial charge is 0.435 e. The summed E-state index contributed by atoms with van der Waals surface area (Å²) >= 11 is 0. The van der Waals surface area contributed by atoms with Gasteiger partial charge in [-0.25, -0.2) is 15.0 Å². The minimum absolute atomic E-state index is 0.0199. The van der Waals surface area contributed by atoms with Gasteiger partial charge in [0, 0.05) is 32.7 Å². The Kier molecular flexibility index (Phi) is 10.7. The summed E-state index contributed by atoms with van der Waals surface area (Å²) in [5, 5.41) is 18.8. The molecule has 1 fully saturated rings. The van der Waals surface area contributed by atoms with Gasteiger partial charge in [0.1, 0.15) is 0 Å². The Labute approximate surface area is 195 Å². The van der Waals surface area contributed by atoms with Crippen LogP contribution in [0.2, 0.25) is 0 Å². The van der Waals surface area contributed by atoms with Crippen molar-refractivity contribution >= 4 is 24.0 Å². The fourth-order valence-electron chi connectivity index (χ4n) is 3.66. The van der Waals surface area contributed by atoms with E-state index in [2.05, 4.69) is 20.8 Å². The Bertz CT molecular complexity index is 792. The molecule has 14 heteroatoms. The van der Waals surface area contributed by atoms with E-state index in [1.165, 1.54) is 4.90 Å². The van der Waals surface area contributed by atoms with Crippen molar-refractivity contribution in [3.05, 3.63) is 11.9 Å². The highest BCUT2D eigenvalue weighted by atomic mass is 19.4. The number of aliphatic hydroxyl groups is 1. The second-order valence-corrected chi connectivity index (χ2v) is 8.01. The minimum atomic E-state index is -4.75. The van der Waals surface area contributed by atoms with Gasteiger partial charge < -0.3 is 10.0 Å². The predicted octanol–water partition coefficient (Wildman–Crippen LogP) is 1.10.